The van der Waals surface area contributed by atoms with Crippen molar-refractivity contribution in [1.82, 2.24) is 15.2 Å². The number of ether oxygens (including phenoxy) is 1. The van der Waals surface area contributed by atoms with Crippen LogP contribution in [0.4, 0.5) is 11.4 Å². The number of amides is 1. The number of nitro groups is 1. The predicted molar refractivity (Wildman–Crippen MR) is 121 cm³/mol. The molecule has 1 aliphatic heterocycles. The molecule has 0 radical (unpaired) electrons. The first-order valence-corrected chi connectivity index (χ1v) is 11.6. The topological polar surface area (TPSA) is 130 Å². The minimum Gasteiger partial charge on any atom is -0.476 e. The van der Waals surface area contributed by atoms with Crippen molar-refractivity contribution >= 4 is 17.3 Å². The van der Waals surface area contributed by atoms with Crippen LogP contribution < -0.4 is 15.4 Å². The van der Waals surface area contributed by atoms with Gasteiger partial charge in [-0.25, -0.2) is 4.98 Å². The maximum absolute atomic E-state index is 12.3. The van der Waals surface area contributed by atoms with E-state index in [9.17, 15) is 20.0 Å². The van der Waals surface area contributed by atoms with Crippen molar-refractivity contribution in [3.05, 3.63) is 22.4 Å². The summed E-state index contributed by atoms with van der Waals surface area (Å²) in [6, 6.07) is 1.43. The highest BCUT2D eigenvalue weighted by Gasteiger charge is 2.40. The third kappa shape index (κ3) is 6.52. The minimum absolute atomic E-state index is 0.0461. The van der Waals surface area contributed by atoms with Crippen molar-refractivity contribution in [2.75, 3.05) is 31.6 Å². The lowest BCUT2D eigenvalue weighted by atomic mass is 9.81. The van der Waals surface area contributed by atoms with E-state index in [1.54, 1.807) is 6.07 Å². The summed E-state index contributed by atoms with van der Waals surface area (Å²) in [5.41, 5.74) is -1.16. The second-order valence-corrected chi connectivity index (χ2v) is 9.13. The second kappa shape index (κ2) is 10.9. The molecule has 1 aliphatic carbocycles. The van der Waals surface area contributed by atoms with E-state index in [0.29, 0.717) is 43.9 Å². The number of hydrogen-bond acceptors (Lipinski definition) is 8. The van der Waals surface area contributed by atoms with Gasteiger partial charge in [-0.2, -0.15) is 0 Å². The van der Waals surface area contributed by atoms with Crippen LogP contribution in [-0.4, -0.2) is 69.7 Å². The third-order valence-corrected chi connectivity index (χ3v) is 6.18. The quantitative estimate of drug-likeness (QED) is 0.387. The van der Waals surface area contributed by atoms with Gasteiger partial charge in [0.25, 0.3) is 5.91 Å². The van der Waals surface area contributed by atoms with Crippen molar-refractivity contribution in [3.8, 4) is 5.88 Å². The predicted octanol–water partition coefficient (Wildman–Crippen LogP) is 2.46. The summed E-state index contributed by atoms with van der Waals surface area (Å²) >= 11 is 0. The Bertz CT molecular complexity index is 789. The molecule has 2 heterocycles. The van der Waals surface area contributed by atoms with E-state index in [1.807, 2.05) is 13.8 Å². The Balaban J connectivity index is 1.58. The van der Waals surface area contributed by atoms with Crippen LogP contribution in [0.2, 0.25) is 0 Å². The van der Waals surface area contributed by atoms with Crippen LogP contribution in [0.1, 0.15) is 58.8 Å². The van der Waals surface area contributed by atoms with Crippen LogP contribution in [0.3, 0.4) is 0 Å². The highest BCUT2D eigenvalue weighted by molar-refractivity contribution is 5.85. The van der Waals surface area contributed by atoms with Gasteiger partial charge in [0.15, 0.2) is 0 Å². The Morgan fingerprint density at radius 3 is 2.66 bits per heavy atom. The van der Waals surface area contributed by atoms with Crippen LogP contribution in [0.15, 0.2) is 12.3 Å². The number of piperidine rings is 1. The lowest BCUT2D eigenvalue weighted by Crippen LogP contribution is -2.52. The lowest BCUT2D eigenvalue weighted by molar-refractivity contribution is -0.384. The number of rotatable bonds is 9. The first-order valence-electron chi connectivity index (χ1n) is 11.6. The van der Waals surface area contributed by atoms with Crippen LogP contribution in [0, 0.1) is 10.1 Å². The Morgan fingerprint density at radius 2 is 2.03 bits per heavy atom. The van der Waals surface area contributed by atoms with Crippen LogP contribution in [-0.2, 0) is 4.79 Å². The molecule has 2 aliphatic rings. The maximum atomic E-state index is 12.3. The van der Waals surface area contributed by atoms with Crippen LogP contribution in [0.5, 0.6) is 5.88 Å². The number of nitrogens with zero attached hydrogens (tertiary/aromatic N) is 3. The molecule has 10 heteroatoms. The zero-order chi connectivity index (χ0) is 23.1. The van der Waals surface area contributed by atoms with Gasteiger partial charge in [0.2, 0.25) is 5.88 Å². The first kappa shape index (κ1) is 24.2. The van der Waals surface area contributed by atoms with Gasteiger partial charge >= 0.3 is 5.69 Å². The highest BCUT2D eigenvalue weighted by Crippen LogP contribution is 2.33. The van der Waals surface area contributed by atoms with Crippen molar-refractivity contribution in [2.24, 2.45) is 0 Å². The fourth-order valence-electron chi connectivity index (χ4n) is 4.31. The molecule has 0 spiro atoms. The van der Waals surface area contributed by atoms with Crippen LogP contribution >= 0.6 is 0 Å². The van der Waals surface area contributed by atoms with Crippen molar-refractivity contribution in [1.29, 1.82) is 0 Å². The van der Waals surface area contributed by atoms with E-state index in [-0.39, 0.29) is 23.7 Å². The molecule has 0 atom stereocenters. The number of pyridine rings is 1. The number of aromatic nitrogens is 1. The number of likely N-dealkylation sites (tertiary alicyclic amines) is 1. The fraction of sp³-hybridized carbons (Fsp3) is 0.727. The molecule has 0 bridgehead atoms. The fourth-order valence-corrected chi connectivity index (χ4v) is 4.31. The Kier molecular flexibility index (Phi) is 8.25. The smallest absolute Gasteiger partial charge is 0.310 e. The van der Waals surface area contributed by atoms with Gasteiger partial charge in [0.1, 0.15) is 24.1 Å². The van der Waals surface area contributed by atoms with Crippen molar-refractivity contribution in [3.63, 3.8) is 0 Å². The van der Waals surface area contributed by atoms with E-state index < -0.39 is 10.5 Å². The zero-order valence-electron chi connectivity index (χ0n) is 19.0. The van der Waals surface area contributed by atoms with E-state index in [0.717, 1.165) is 19.6 Å². The number of hydrogen-bond donors (Lipinski definition) is 3. The number of nitrogens with one attached hydrogen (secondary N) is 2. The van der Waals surface area contributed by atoms with Gasteiger partial charge in [0.05, 0.1) is 4.92 Å². The van der Waals surface area contributed by atoms with Gasteiger partial charge in [0, 0.05) is 24.7 Å². The standard InChI is InChI=1S/C22H35N5O5/c1-16(2)24-21(28)22(29)8-6-17(7-9-22)25-18-14-20(23-15-19(18)27(30)31)32-13-12-26-10-4-3-5-11-26/h14-17,29H,3-13H2,1-2H3,(H,23,25)(H,24,28)/t17-,22-. The number of carbonyl (C=O) groups excluding carboxylic acids is 1. The molecule has 2 fully saturated rings. The number of aliphatic hydroxyl groups is 1. The molecule has 3 N–H and O–H groups in total. The second-order valence-electron chi connectivity index (χ2n) is 9.13. The molecule has 10 nitrogen and oxygen atoms in total. The monoisotopic (exact) mass is 449 g/mol. The van der Waals surface area contributed by atoms with Gasteiger partial charge < -0.3 is 20.5 Å². The van der Waals surface area contributed by atoms with E-state index in [4.69, 9.17) is 4.74 Å². The van der Waals surface area contributed by atoms with Crippen LogP contribution in [0.25, 0.3) is 0 Å². The molecule has 1 aromatic rings. The maximum Gasteiger partial charge on any atom is 0.310 e. The van der Waals surface area contributed by atoms with Crippen molar-refractivity contribution < 1.29 is 19.6 Å². The summed E-state index contributed by atoms with van der Waals surface area (Å²) in [7, 11) is 0. The summed E-state index contributed by atoms with van der Waals surface area (Å²) in [6.07, 6.45) is 6.53. The van der Waals surface area contributed by atoms with Gasteiger partial charge in [-0.3, -0.25) is 19.8 Å². The molecule has 0 aromatic carbocycles. The van der Waals surface area contributed by atoms with Gasteiger partial charge in [-0.1, -0.05) is 6.42 Å². The summed E-state index contributed by atoms with van der Waals surface area (Å²) in [5.74, 6) is -0.0102. The third-order valence-electron chi connectivity index (χ3n) is 6.18. The molecule has 32 heavy (non-hydrogen) atoms. The van der Waals surface area contributed by atoms with E-state index in [2.05, 4.69) is 20.5 Å². The molecular formula is C22H35N5O5. The molecule has 1 aromatic heterocycles. The average molecular weight is 450 g/mol. The number of anilines is 1. The Hall–Kier alpha value is -2.46. The molecule has 0 unspecified atom stereocenters. The lowest BCUT2D eigenvalue weighted by Gasteiger charge is -2.35. The van der Waals surface area contributed by atoms with Gasteiger partial charge in [-0.05, 0) is 65.5 Å². The Labute approximate surface area is 188 Å². The molecule has 178 valence electrons. The SMILES string of the molecule is CC(C)NC(=O)[C@]1(O)CC[C@H](Nc2cc(OCCN3CCCCC3)ncc2[N+](=O)[O-])CC1. The normalized spacial score (nSPS) is 24.2. The minimum atomic E-state index is -1.39. The largest absolute Gasteiger partial charge is 0.476 e. The summed E-state index contributed by atoms with van der Waals surface area (Å²) < 4.78 is 5.77. The summed E-state index contributed by atoms with van der Waals surface area (Å²) in [6.45, 7) is 7.14. The zero-order valence-corrected chi connectivity index (χ0v) is 19.0. The van der Waals surface area contributed by atoms with E-state index in [1.165, 1.54) is 25.5 Å². The summed E-state index contributed by atoms with van der Waals surface area (Å²) in [5, 5.41) is 28.1. The van der Waals surface area contributed by atoms with Gasteiger partial charge in [-0.15, -0.1) is 0 Å². The van der Waals surface area contributed by atoms with E-state index >= 15 is 0 Å². The average Bonchev–Trinajstić information content (AvgIpc) is 2.76. The Morgan fingerprint density at radius 1 is 1.34 bits per heavy atom. The highest BCUT2D eigenvalue weighted by atomic mass is 16.6. The number of carbonyl (C=O) groups is 1. The first-order chi connectivity index (χ1) is 15.3. The molecular weight excluding hydrogens is 414 g/mol. The van der Waals surface area contributed by atoms with Crippen molar-refractivity contribution in [2.45, 2.75) is 76.5 Å². The molecule has 1 amide bonds. The summed E-state index contributed by atoms with van der Waals surface area (Å²) in [4.78, 5) is 29.8. The molecule has 1 saturated heterocycles. The molecule has 1 saturated carbocycles. The molecule has 3 rings (SSSR count).